The van der Waals surface area contributed by atoms with Gasteiger partial charge in [0.05, 0.1) is 16.8 Å². The molecule has 1 aliphatic carbocycles. The lowest BCUT2D eigenvalue weighted by molar-refractivity contribution is 0.00578. The lowest BCUT2D eigenvalue weighted by atomic mass is 9.86. The van der Waals surface area contributed by atoms with Crippen LogP contribution in [0.1, 0.15) is 46.6 Å². The zero-order valence-electron chi connectivity index (χ0n) is 11.2. The summed E-state index contributed by atoms with van der Waals surface area (Å²) in [6, 6.07) is 0.272. The van der Waals surface area contributed by atoms with Crippen molar-refractivity contribution >= 4 is 12.7 Å². The first-order valence-corrected chi connectivity index (χ1v) is 6.40. The molecule has 2 heterocycles. The van der Waals surface area contributed by atoms with Gasteiger partial charge < -0.3 is 13.9 Å². The van der Waals surface area contributed by atoms with E-state index in [1.165, 1.54) is 0 Å². The van der Waals surface area contributed by atoms with Crippen molar-refractivity contribution < 1.29 is 13.7 Å². The summed E-state index contributed by atoms with van der Waals surface area (Å²) >= 11 is 0. The number of aromatic nitrogens is 2. The fourth-order valence-corrected chi connectivity index (χ4v) is 2.08. The van der Waals surface area contributed by atoms with Gasteiger partial charge in [0.25, 0.3) is 6.08 Å². The molecule has 98 valence electrons. The highest BCUT2D eigenvalue weighted by molar-refractivity contribution is 6.61. The van der Waals surface area contributed by atoms with Crippen molar-refractivity contribution in [3.63, 3.8) is 0 Å². The summed E-state index contributed by atoms with van der Waals surface area (Å²) in [6.45, 7) is 7.89. The Bertz CT molecular complexity index is 466. The zero-order valence-corrected chi connectivity index (χ0v) is 11.2. The third-order valence-electron chi connectivity index (χ3n) is 4.14. The van der Waals surface area contributed by atoms with Crippen LogP contribution in [0.25, 0.3) is 0 Å². The first-order chi connectivity index (χ1) is 8.30. The topological polar surface area (TPSA) is 36.3 Å². The Morgan fingerprint density at radius 2 is 1.83 bits per heavy atom. The standard InChI is InChI=1S/C12H18BFN2O2/c1-11(2)12(3,4)18-13(17-11)9-7-16(8-5-6-8)10(14)15-9/h7-8H,5-6H2,1-4H3. The van der Waals surface area contributed by atoms with Crippen LogP contribution in [0.5, 0.6) is 0 Å². The fraction of sp³-hybridized carbons (Fsp3) is 0.750. The number of rotatable bonds is 2. The number of imidazole rings is 1. The van der Waals surface area contributed by atoms with Crippen LogP contribution in [-0.2, 0) is 9.31 Å². The normalized spacial score (nSPS) is 25.7. The second-order valence-electron chi connectivity index (χ2n) is 6.16. The number of hydrogen-bond donors (Lipinski definition) is 0. The van der Waals surface area contributed by atoms with E-state index in [4.69, 9.17) is 9.31 Å². The van der Waals surface area contributed by atoms with Gasteiger partial charge in [0, 0.05) is 12.2 Å². The summed E-state index contributed by atoms with van der Waals surface area (Å²) in [4.78, 5) is 3.93. The van der Waals surface area contributed by atoms with Crippen molar-refractivity contribution in [2.45, 2.75) is 57.8 Å². The second-order valence-corrected chi connectivity index (χ2v) is 6.16. The Labute approximate surface area is 107 Å². The Morgan fingerprint density at radius 1 is 1.28 bits per heavy atom. The third kappa shape index (κ3) is 1.78. The van der Waals surface area contributed by atoms with Gasteiger partial charge in [-0.2, -0.15) is 4.39 Å². The van der Waals surface area contributed by atoms with Crippen molar-refractivity contribution in [1.29, 1.82) is 0 Å². The predicted octanol–water partition coefficient (Wildman–Crippen LogP) is 1.66. The van der Waals surface area contributed by atoms with Crippen LogP contribution in [0.4, 0.5) is 4.39 Å². The van der Waals surface area contributed by atoms with Crippen LogP contribution < -0.4 is 5.59 Å². The SMILES string of the molecule is CC1(C)OB(c2cn(C3CC3)c(F)n2)OC1(C)C. The molecule has 0 unspecified atom stereocenters. The first kappa shape index (κ1) is 12.2. The largest absolute Gasteiger partial charge is 0.516 e. The monoisotopic (exact) mass is 252 g/mol. The van der Waals surface area contributed by atoms with E-state index in [1.54, 1.807) is 10.8 Å². The summed E-state index contributed by atoms with van der Waals surface area (Å²) in [5, 5.41) is 0. The fourth-order valence-electron chi connectivity index (χ4n) is 2.08. The van der Waals surface area contributed by atoms with Gasteiger partial charge in [0.2, 0.25) is 0 Å². The van der Waals surface area contributed by atoms with Gasteiger partial charge in [0.15, 0.2) is 0 Å². The van der Waals surface area contributed by atoms with Crippen molar-refractivity contribution in [2.24, 2.45) is 0 Å². The summed E-state index contributed by atoms with van der Waals surface area (Å²) in [7, 11) is -0.579. The molecule has 6 heteroatoms. The maximum Gasteiger partial charge on any atom is 0.516 e. The van der Waals surface area contributed by atoms with Crippen LogP contribution in [0.2, 0.25) is 0 Å². The molecular formula is C12H18BFN2O2. The highest BCUT2D eigenvalue weighted by Gasteiger charge is 2.53. The number of nitrogens with zero attached hydrogens (tertiary/aromatic N) is 2. The first-order valence-electron chi connectivity index (χ1n) is 6.40. The average Bonchev–Trinajstić information content (AvgIpc) is 2.95. The average molecular weight is 252 g/mol. The molecule has 1 aromatic heterocycles. The van der Waals surface area contributed by atoms with E-state index in [2.05, 4.69) is 4.98 Å². The summed E-state index contributed by atoms with van der Waals surface area (Å²) in [6.07, 6.45) is 3.32. The van der Waals surface area contributed by atoms with E-state index in [-0.39, 0.29) is 6.04 Å². The minimum atomic E-state index is -0.579. The molecule has 0 amide bonds. The zero-order chi connectivity index (χ0) is 13.1. The Kier molecular flexibility index (Phi) is 2.42. The Hall–Kier alpha value is -0.875. The highest BCUT2D eigenvalue weighted by atomic mass is 19.1. The molecule has 3 rings (SSSR count). The molecular weight excluding hydrogens is 234 g/mol. The van der Waals surface area contributed by atoms with Crippen molar-refractivity contribution in [1.82, 2.24) is 9.55 Å². The van der Waals surface area contributed by atoms with E-state index in [0.717, 1.165) is 12.8 Å². The van der Waals surface area contributed by atoms with Crippen molar-refractivity contribution in [3.8, 4) is 0 Å². The molecule has 0 spiro atoms. The molecule has 0 radical (unpaired) electrons. The molecule has 18 heavy (non-hydrogen) atoms. The molecule has 1 aliphatic heterocycles. The highest BCUT2D eigenvalue weighted by Crippen LogP contribution is 2.37. The van der Waals surface area contributed by atoms with Gasteiger partial charge in [0.1, 0.15) is 0 Å². The van der Waals surface area contributed by atoms with Gasteiger partial charge >= 0.3 is 7.12 Å². The van der Waals surface area contributed by atoms with Crippen LogP contribution in [-0.4, -0.2) is 27.9 Å². The summed E-state index contributed by atoms with van der Waals surface area (Å²) in [5.74, 6) is 0. The quantitative estimate of drug-likeness (QED) is 0.751. The van der Waals surface area contributed by atoms with Crippen LogP contribution in [0.15, 0.2) is 6.20 Å². The molecule has 1 saturated carbocycles. The van der Waals surface area contributed by atoms with Gasteiger partial charge in [-0.15, -0.1) is 0 Å². The number of halogens is 1. The number of hydrogen-bond acceptors (Lipinski definition) is 3. The molecule has 4 nitrogen and oxygen atoms in total. The van der Waals surface area contributed by atoms with Crippen molar-refractivity contribution in [3.05, 3.63) is 12.3 Å². The van der Waals surface area contributed by atoms with Gasteiger partial charge in [-0.25, -0.2) is 4.98 Å². The van der Waals surface area contributed by atoms with E-state index in [9.17, 15) is 4.39 Å². The Morgan fingerprint density at radius 3 is 2.33 bits per heavy atom. The van der Waals surface area contributed by atoms with E-state index >= 15 is 0 Å². The molecule has 2 fully saturated rings. The van der Waals surface area contributed by atoms with Crippen LogP contribution >= 0.6 is 0 Å². The van der Waals surface area contributed by atoms with Gasteiger partial charge in [-0.3, -0.25) is 0 Å². The summed E-state index contributed by atoms with van der Waals surface area (Å²) < 4.78 is 27.0. The third-order valence-corrected chi connectivity index (χ3v) is 4.14. The van der Waals surface area contributed by atoms with E-state index in [0.29, 0.717) is 5.59 Å². The lowest BCUT2D eigenvalue weighted by Crippen LogP contribution is -2.41. The summed E-state index contributed by atoms with van der Waals surface area (Å²) in [5.41, 5.74) is -0.312. The molecule has 1 aromatic rings. The maximum absolute atomic E-state index is 13.7. The van der Waals surface area contributed by atoms with E-state index in [1.807, 2.05) is 27.7 Å². The second kappa shape index (κ2) is 3.57. The maximum atomic E-state index is 13.7. The smallest absolute Gasteiger partial charge is 0.398 e. The molecule has 1 saturated heterocycles. The van der Waals surface area contributed by atoms with Crippen LogP contribution in [0.3, 0.4) is 0 Å². The van der Waals surface area contributed by atoms with E-state index < -0.39 is 24.4 Å². The molecule has 0 N–H and O–H groups in total. The Balaban J connectivity index is 1.86. The van der Waals surface area contributed by atoms with Gasteiger partial charge in [-0.1, -0.05) is 0 Å². The predicted molar refractivity (Wildman–Crippen MR) is 66.2 cm³/mol. The minimum Gasteiger partial charge on any atom is -0.398 e. The molecule has 2 aliphatic rings. The minimum absolute atomic E-state index is 0.272. The molecule has 0 atom stereocenters. The molecule has 0 aromatic carbocycles. The lowest BCUT2D eigenvalue weighted by Gasteiger charge is -2.32. The van der Waals surface area contributed by atoms with Gasteiger partial charge in [-0.05, 0) is 40.5 Å². The van der Waals surface area contributed by atoms with Crippen LogP contribution in [0, 0.1) is 6.08 Å². The van der Waals surface area contributed by atoms with Crippen molar-refractivity contribution in [2.75, 3.05) is 0 Å². The molecule has 0 bridgehead atoms.